The number of nitrogens with one attached hydrogen (secondary N) is 2. The highest BCUT2D eigenvalue weighted by Gasteiger charge is 2.26. The molecule has 0 atom stereocenters. The van der Waals surface area contributed by atoms with Crippen LogP contribution in [0.3, 0.4) is 0 Å². The van der Waals surface area contributed by atoms with E-state index in [1.54, 1.807) is 6.08 Å². The third kappa shape index (κ3) is 5.47. The average molecular weight is 504 g/mol. The normalized spacial score (nSPS) is 11.3. The minimum Gasteiger partial charge on any atom is -0.352 e. The van der Waals surface area contributed by atoms with Crippen LogP contribution < -0.4 is 10.6 Å². The highest BCUT2D eigenvalue weighted by molar-refractivity contribution is 6.14. The van der Waals surface area contributed by atoms with Crippen LogP contribution in [0.4, 0.5) is 5.82 Å². The van der Waals surface area contributed by atoms with Crippen LogP contribution in [0.2, 0.25) is 0 Å². The fourth-order valence-electron chi connectivity index (χ4n) is 4.33. The molecular weight excluding hydrogens is 474 g/mol. The van der Waals surface area contributed by atoms with Crippen molar-refractivity contribution in [2.24, 2.45) is 0 Å². The molecule has 5 rings (SSSR count). The number of carbonyl (C=O) groups excluding carboxylic acids is 2. The van der Waals surface area contributed by atoms with E-state index in [0.29, 0.717) is 46.7 Å². The average Bonchev–Trinajstić information content (AvgIpc) is 3.23. The summed E-state index contributed by atoms with van der Waals surface area (Å²) in [5.74, 6) is -0.267. The van der Waals surface area contributed by atoms with Crippen LogP contribution in [-0.4, -0.2) is 32.9 Å². The third-order valence-electron chi connectivity index (χ3n) is 6.25. The number of hydrogen-bond donors (Lipinski definition) is 2. The van der Waals surface area contributed by atoms with E-state index in [1.807, 2.05) is 89.5 Å². The minimum absolute atomic E-state index is 0.290. The Morgan fingerprint density at radius 1 is 0.868 bits per heavy atom. The Hall–Kier alpha value is -4.78. The summed E-state index contributed by atoms with van der Waals surface area (Å²) >= 11 is 0. The van der Waals surface area contributed by atoms with Gasteiger partial charge in [0.2, 0.25) is 5.91 Å². The van der Waals surface area contributed by atoms with Gasteiger partial charge in [0.1, 0.15) is 16.9 Å². The molecule has 0 aliphatic rings. The van der Waals surface area contributed by atoms with Crippen molar-refractivity contribution in [2.75, 3.05) is 11.9 Å². The first-order valence-corrected chi connectivity index (χ1v) is 12.8. The summed E-state index contributed by atoms with van der Waals surface area (Å²) in [6.45, 7) is 3.01. The lowest BCUT2D eigenvalue weighted by molar-refractivity contribution is -0.111. The first-order valence-electron chi connectivity index (χ1n) is 12.8. The van der Waals surface area contributed by atoms with Gasteiger partial charge in [0.15, 0.2) is 5.65 Å². The van der Waals surface area contributed by atoms with E-state index in [0.717, 1.165) is 24.0 Å². The summed E-state index contributed by atoms with van der Waals surface area (Å²) in [4.78, 5) is 36.4. The maximum Gasteiger partial charge on any atom is 0.257 e. The summed E-state index contributed by atoms with van der Waals surface area (Å²) in [5, 5.41) is 5.98. The molecule has 2 N–H and O–H groups in total. The van der Waals surface area contributed by atoms with Crippen molar-refractivity contribution in [3.63, 3.8) is 0 Å². The van der Waals surface area contributed by atoms with Gasteiger partial charge in [-0.2, -0.15) is 0 Å². The summed E-state index contributed by atoms with van der Waals surface area (Å²) in [7, 11) is 0. The molecule has 3 aromatic carbocycles. The molecule has 0 fully saturated rings. The summed E-state index contributed by atoms with van der Waals surface area (Å²) < 4.78 is 1.87. The van der Waals surface area contributed by atoms with Crippen molar-refractivity contribution in [3.8, 4) is 0 Å². The van der Waals surface area contributed by atoms with E-state index >= 15 is 0 Å². The second-order valence-electron chi connectivity index (χ2n) is 9.02. The monoisotopic (exact) mass is 503 g/mol. The van der Waals surface area contributed by atoms with Crippen LogP contribution >= 0.6 is 0 Å². The van der Waals surface area contributed by atoms with Crippen molar-refractivity contribution in [1.82, 2.24) is 19.9 Å². The highest BCUT2D eigenvalue weighted by atomic mass is 16.2. The Morgan fingerprint density at radius 2 is 1.53 bits per heavy atom. The number of para-hydroxylation sites is 2. The Labute approximate surface area is 221 Å². The second-order valence-corrected chi connectivity index (χ2v) is 9.02. The maximum atomic E-state index is 13.6. The van der Waals surface area contributed by atoms with Gasteiger partial charge in [-0.3, -0.25) is 9.59 Å². The molecule has 7 heteroatoms. The van der Waals surface area contributed by atoms with Gasteiger partial charge in [-0.1, -0.05) is 86.1 Å². The predicted octanol–water partition coefficient (Wildman–Crippen LogP) is 5.81. The van der Waals surface area contributed by atoms with Crippen molar-refractivity contribution in [2.45, 2.75) is 26.3 Å². The summed E-state index contributed by atoms with van der Waals surface area (Å²) in [5.41, 5.74) is 4.61. The van der Waals surface area contributed by atoms with Gasteiger partial charge in [-0.05, 0) is 35.8 Å². The van der Waals surface area contributed by atoms with Gasteiger partial charge < -0.3 is 15.2 Å². The minimum atomic E-state index is -0.349. The number of hydrogen-bond acceptors (Lipinski definition) is 4. The number of aromatic nitrogens is 3. The van der Waals surface area contributed by atoms with Gasteiger partial charge in [0.05, 0.1) is 17.6 Å². The van der Waals surface area contributed by atoms with Crippen LogP contribution in [0.5, 0.6) is 0 Å². The quantitative estimate of drug-likeness (QED) is 0.196. The maximum absolute atomic E-state index is 13.6. The molecule has 0 aliphatic carbocycles. The number of nitrogens with zero attached hydrogens (tertiary/aromatic N) is 3. The smallest absolute Gasteiger partial charge is 0.257 e. The zero-order chi connectivity index (χ0) is 26.3. The van der Waals surface area contributed by atoms with Gasteiger partial charge in [0.25, 0.3) is 5.91 Å². The largest absolute Gasteiger partial charge is 0.352 e. The Bertz CT molecular complexity index is 1610. The Balaban J connectivity index is 1.65. The molecule has 7 nitrogen and oxygen atoms in total. The van der Waals surface area contributed by atoms with Gasteiger partial charge in [-0.15, -0.1) is 0 Å². The molecule has 0 bridgehead atoms. The fraction of sp³-hybridized carbons (Fsp3) is 0.161. The van der Waals surface area contributed by atoms with E-state index in [1.165, 1.54) is 6.08 Å². The van der Waals surface area contributed by atoms with Gasteiger partial charge >= 0.3 is 0 Å². The highest BCUT2D eigenvalue weighted by Crippen LogP contribution is 2.31. The van der Waals surface area contributed by atoms with E-state index < -0.39 is 0 Å². The van der Waals surface area contributed by atoms with E-state index in [9.17, 15) is 9.59 Å². The number of benzene rings is 3. The third-order valence-corrected chi connectivity index (χ3v) is 6.25. The lowest BCUT2D eigenvalue weighted by atomic mass is 10.2. The topological polar surface area (TPSA) is 88.9 Å². The van der Waals surface area contributed by atoms with Crippen molar-refractivity contribution >= 4 is 45.9 Å². The number of rotatable bonds is 9. The van der Waals surface area contributed by atoms with Crippen molar-refractivity contribution in [1.29, 1.82) is 0 Å². The number of anilines is 1. The van der Waals surface area contributed by atoms with Gasteiger partial charge in [0, 0.05) is 12.6 Å². The van der Waals surface area contributed by atoms with Crippen LogP contribution in [-0.2, 0) is 11.3 Å². The number of amides is 2. The van der Waals surface area contributed by atoms with E-state index in [2.05, 4.69) is 17.6 Å². The Morgan fingerprint density at radius 3 is 2.24 bits per heavy atom. The van der Waals surface area contributed by atoms with Crippen LogP contribution in [0.25, 0.3) is 28.3 Å². The lowest BCUT2D eigenvalue weighted by Crippen LogP contribution is -2.26. The van der Waals surface area contributed by atoms with Crippen LogP contribution in [0.1, 0.15) is 41.3 Å². The second kappa shape index (κ2) is 11.5. The standard InChI is InChI=1S/C31H29N5O2/c1-2-3-20-32-31(38)27-28-30(34-25-17-11-10-16-24(25)33-28)36(21-23-14-8-5-9-15-23)29(27)35-26(37)19-18-22-12-6-4-7-13-22/h4-19H,2-3,20-21H2,1H3,(H,32,38)(H,35,37). The molecule has 5 aromatic rings. The molecule has 0 saturated carbocycles. The van der Waals surface area contributed by atoms with Crippen molar-refractivity contribution < 1.29 is 9.59 Å². The molecular formula is C31H29N5O2. The molecule has 2 amide bonds. The predicted molar refractivity (Wildman–Crippen MR) is 152 cm³/mol. The molecule has 0 saturated heterocycles. The van der Waals surface area contributed by atoms with Crippen LogP contribution in [0, 0.1) is 0 Å². The molecule has 2 aromatic heterocycles. The zero-order valence-electron chi connectivity index (χ0n) is 21.2. The molecule has 190 valence electrons. The van der Waals surface area contributed by atoms with Crippen LogP contribution in [0.15, 0.2) is 91.0 Å². The van der Waals surface area contributed by atoms with E-state index in [4.69, 9.17) is 9.97 Å². The fourth-order valence-corrected chi connectivity index (χ4v) is 4.33. The van der Waals surface area contributed by atoms with Crippen molar-refractivity contribution in [3.05, 3.63) is 108 Å². The van der Waals surface area contributed by atoms with E-state index in [-0.39, 0.29) is 11.8 Å². The summed E-state index contributed by atoms with van der Waals surface area (Å²) in [6.07, 6.45) is 5.01. The zero-order valence-corrected chi connectivity index (χ0v) is 21.2. The first kappa shape index (κ1) is 24.9. The summed E-state index contributed by atoms with van der Waals surface area (Å²) in [6, 6.07) is 27.0. The molecule has 0 aliphatic heterocycles. The number of fused-ring (bicyclic) bond motifs is 2. The SMILES string of the molecule is CCCCNC(=O)c1c(NC(=O)C=Cc2ccccc2)n(Cc2ccccc2)c2nc3ccccc3nc12. The Kier molecular flexibility index (Phi) is 7.54. The molecule has 2 heterocycles. The molecule has 38 heavy (non-hydrogen) atoms. The number of unbranched alkanes of at least 4 members (excludes halogenated alkanes) is 1. The molecule has 0 spiro atoms. The molecule has 0 radical (unpaired) electrons. The lowest BCUT2D eigenvalue weighted by Gasteiger charge is -2.12. The van der Waals surface area contributed by atoms with Gasteiger partial charge in [-0.25, -0.2) is 9.97 Å². The first-order chi connectivity index (χ1) is 18.6. The molecule has 0 unspecified atom stereocenters. The number of carbonyl (C=O) groups is 2.